The summed E-state index contributed by atoms with van der Waals surface area (Å²) in [6.45, 7) is 2.55. The van der Waals surface area contributed by atoms with Gasteiger partial charge in [-0.05, 0) is 41.0 Å². The average molecular weight is 355 g/mol. The van der Waals surface area contributed by atoms with Crippen LogP contribution < -0.4 is 5.32 Å². The molecule has 1 aromatic carbocycles. The first-order chi connectivity index (χ1) is 11.8. The van der Waals surface area contributed by atoms with Crippen LogP contribution in [0.2, 0.25) is 0 Å². The molecule has 0 aliphatic rings. The molecule has 0 atom stereocenters. The maximum Gasteiger partial charge on any atom is 0.252 e. The highest BCUT2D eigenvalue weighted by Gasteiger charge is 2.12. The van der Waals surface area contributed by atoms with Crippen molar-refractivity contribution in [1.29, 1.82) is 0 Å². The van der Waals surface area contributed by atoms with E-state index in [1.54, 1.807) is 29.3 Å². The van der Waals surface area contributed by atoms with Crippen molar-refractivity contribution >= 4 is 29.0 Å². The minimum absolute atomic E-state index is 0.0494. The summed E-state index contributed by atoms with van der Waals surface area (Å²) >= 11 is 3.32. The van der Waals surface area contributed by atoms with Crippen molar-refractivity contribution < 1.29 is 4.79 Å². The molecule has 3 rings (SSSR count). The largest absolute Gasteiger partial charge is 0.348 e. The number of hydrogen-bond donors (Lipinski definition) is 1. The van der Waals surface area contributed by atoms with E-state index in [9.17, 15) is 4.79 Å². The molecule has 3 aromatic rings. The van der Waals surface area contributed by atoms with Crippen LogP contribution in [-0.2, 0) is 6.54 Å². The summed E-state index contributed by atoms with van der Waals surface area (Å²) in [6, 6.07) is 13.7. The number of thioether (sulfide) groups is 1. The number of aromatic nitrogens is 1. The first-order valence-electron chi connectivity index (χ1n) is 7.76. The van der Waals surface area contributed by atoms with Gasteiger partial charge < -0.3 is 5.32 Å². The van der Waals surface area contributed by atoms with E-state index < -0.39 is 0 Å². The minimum atomic E-state index is -0.0494. The van der Waals surface area contributed by atoms with Gasteiger partial charge in [-0.2, -0.15) is 11.3 Å². The van der Waals surface area contributed by atoms with Gasteiger partial charge in [0.2, 0.25) is 0 Å². The summed E-state index contributed by atoms with van der Waals surface area (Å²) in [7, 11) is 0. The van der Waals surface area contributed by atoms with Gasteiger partial charge in [0.25, 0.3) is 5.91 Å². The van der Waals surface area contributed by atoms with Crippen LogP contribution in [0.5, 0.6) is 0 Å². The Morgan fingerprint density at radius 2 is 2.08 bits per heavy atom. The molecule has 2 aromatic heterocycles. The zero-order valence-electron chi connectivity index (χ0n) is 13.4. The number of amides is 1. The number of thiophene rings is 1. The predicted molar refractivity (Wildman–Crippen MR) is 102 cm³/mol. The fraction of sp³-hybridized carbons (Fsp3) is 0.158. The second kappa shape index (κ2) is 8.13. The van der Waals surface area contributed by atoms with Gasteiger partial charge in [-0.25, -0.2) is 0 Å². The molecular weight excluding hydrogens is 336 g/mol. The van der Waals surface area contributed by atoms with Crippen LogP contribution in [0, 0.1) is 0 Å². The zero-order valence-corrected chi connectivity index (χ0v) is 15.0. The fourth-order valence-corrected chi connectivity index (χ4v) is 3.89. The first kappa shape index (κ1) is 16.7. The summed E-state index contributed by atoms with van der Waals surface area (Å²) < 4.78 is 0. The molecule has 0 unspecified atom stereocenters. The molecule has 0 fully saturated rings. The van der Waals surface area contributed by atoms with E-state index in [-0.39, 0.29) is 5.91 Å². The third kappa shape index (κ3) is 3.86. The molecule has 0 saturated heterocycles. The number of pyridine rings is 1. The topological polar surface area (TPSA) is 42.0 Å². The monoisotopic (exact) mass is 354 g/mol. The number of benzene rings is 1. The number of carbonyl (C=O) groups excluding carboxylic acids is 1. The van der Waals surface area contributed by atoms with Crippen LogP contribution in [0.4, 0.5) is 0 Å². The van der Waals surface area contributed by atoms with Gasteiger partial charge in [-0.3, -0.25) is 9.78 Å². The van der Waals surface area contributed by atoms with E-state index in [4.69, 9.17) is 0 Å². The predicted octanol–water partition coefficient (Wildman–Crippen LogP) is 4.85. The van der Waals surface area contributed by atoms with Crippen molar-refractivity contribution in [2.45, 2.75) is 18.4 Å². The standard InChI is InChI=1S/C19H18N2OS2/c1-2-24-17-8-4-3-7-16(17)19(22)21-12-14-6-5-10-20-18(14)15-9-11-23-13-15/h3-11,13H,2,12H2,1H3,(H,21,22). The molecule has 122 valence electrons. The van der Waals surface area contributed by atoms with Crippen LogP contribution >= 0.6 is 23.1 Å². The van der Waals surface area contributed by atoms with Gasteiger partial charge in [0, 0.05) is 28.6 Å². The van der Waals surface area contributed by atoms with Crippen LogP contribution in [0.3, 0.4) is 0 Å². The smallest absolute Gasteiger partial charge is 0.252 e. The van der Waals surface area contributed by atoms with Gasteiger partial charge in [0.05, 0.1) is 11.3 Å². The molecule has 0 radical (unpaired) electrons. The maximum atomic E-state index is 12.6. The molecular formula is C19H18N2OS2. The SMILES string of the molecule is CCSc1ccccc1C(=O)NCc1cccnc1-c1ccsc1. The Morgan fingerprint density at radius 1 is 1.21 bits per heavy atom. The van der Waals surface area contributed by atoms with Gasteiger partial charge in [0.15, 0.2) is 0 Å². The molecule has 3 nitrogen and oxygen atoms in total. The summed E-state index contributed by atoms with van der Waals surface area (Å²) in [5, 5.41) is 7.13. The van der Waals surface area contributed by atoms with Crippen LogP contribution in [0.1, 0.15) is 22.8 Å². The van der Waals surface area contributed by atoms with Gasteiger partial charge >= 0.3 is 0 Å². The van der Waals surface area contributed by atoms with E-state index in [2.05, 4.69) is 22.6 Å². The molecule has 5 heteroatoms. The lowest BCUT2D eigenvalue weighted by Crippen LogP contribution is -2.23. The lowest BCUT2D eigenvalue weighted by atomic mass is 10.1. The number of nitrogens with one attached hydrogen (secondary N) is 1. The van der Waals surface area contributed by atoms with Crippen molar-refractivity contribution in [2.24, 2.45) is 0 Å². The third-order valence-electron chi connectivity index (χ3n) is 3.56. The molecule has 0 aliphatic carbocycles. The Labute approximate surface area is 150 Å². The number of rotatable bonds is 6. The fourth-order valence-electron chi connectivity index (χ4n) is 2.45. The van der Waals surface area contributed by atoms with Crippen LogP contribution in [-0.4, -0.2) is 16.6 Å². The Morgan fingerprint density at radius 3 is 2.88 bits per heavy atom. The molecule has 0 aliphatic heterocycles. The van der Waals surface area contributed by atoms with Gasteiger partial charge in [-0.1, -0.05) is 25.1 Å². The summed E-state index contributed by atoms with van der Waals surface area (Å²) in [5.41, 5.74) is 3.76. The highest BCUT2D eigenvalue weighted by Crippen LogP contribution is 2.24. The zero-order chi connectivity index (χ0) is 16.8. The van der Waals surface area contributed by atoms with Crippen molar-refractivity contribution in [1.82, 2.24) is 10.3 Å². The first-order valence-corrected chi connectivity index (χ1v) is 9.69. The highest BCUT2D eigenvalue weighted by atomic mass is 32.2. The second-order valence-electron chi connectivity index (χ2n) is 5.14. The Balaban J connectivity index is 1.76. The van der Waals surface area contributed by atoms with E-state index in [1.165, 1.54) is 0 Å². The van der Waals surface area contributed by atoms with Gasteiger partial charge in [0.1, 0.15) is 0 Å². The van der Waals surface area contributed by atoms with E-state index in [1.807, 2.05) is 47.8 Å². The summed E-state index contributed by atoms with van der Waals surface area (Å²) in [6.07, 6.45) is 1.78. The summed E-state index contributed by atoms with van der Waals surface area (Å²) in [5.74, 6) is 0.890. The molecule has 2 heterocycles. The van der Waals surface area contributed by atoms with Gasteiger partial charge in [-0.15, -0.1) is 11.8 Å². The highest BCUT2D eigenvalue weighted by molar-refractivity contribution is 7.99. The molecule has 0 bridgehead atoms. The maximum absolute atomic E-state index is 12.6. The Bertz CT molecular complexity index is 816. The van der Waals surface area contributed by atoms with E-state index in [0.29, 0.717) is 6.54 Å². The second-order valence-corrected chi connectivity index (χ2v) is 7.22. The molecule has 24 heavy (non-hydrogen) atoms. The van der Waals surface area contributed by atoms with Crippen LogP contribution in [0.25, 0.3) is 11.3 Å². The Hall–Kier alpha value is -2.11. The van der Waals surface area contributed by atoms with E-state index >= 15 is 0 Å². The van der Waals surface area contributed by atoms with Crippen molar-refractivity contribution in [2.75, 3.05) is 5.75 Å². The van der Waals surface area contributed by atoms with Crippen LogP contribution in [0.15, 0.2) is 64.3 Å². The quantitative estimate of drug-likeness (QED) is 0.643. The van der Waals surface area contributed by atoms with Crippen molar-refractivity contribution in [3.05, 3.63) is 70.5 Å². The molecule has 0 saturated carbocycles. The van der Waals surface area contributed by atoms with E-state index in [0.717, 1.165) is 33.0 Å². The third-order valence-corrected chi connectivity index (χ3v) is 5.20. The average Bonchev–Trinajstić information content (AvgIpc) is 3.15. The molecule has 1 N–H and O–H groups in total. The van der Waals surface area contributed by atoms with Crippen molar-refractivity contribution in [3.8, 4) is 11.3 Å². The molecule has 1 amide bonds. The number of carbonyl (C=O) groups is 1. The number of nitrogens with zero attached hydrogens (tertiary/aromatic N) is 1. The lowest BCUT2D eigenvalue weighted by Gasteiger charge is -2.11. The number of hydrogen-bond acceptors (Lipinski definition) is 4. The molecule has 0 spiro atoms. The minimum Gasteiger partial charge on any atom is -0.348 e. The Kier molecular flexibility index (Phi) is 5.67. The van der Waals surface area contributed by atoms with Crippen molar-refractivity contribution in [3.63, 3.8) is 0 Å². The lowest BCUT2D eigenvalue weighted by molar-refractivity contribution is 0.0948. The summed E-state index contributed by atoms with van der Waals surface area (Å²) in [4.78, 5) is 18.1. The normalized spacial score (nSPS) is 10.5.